The number of aliphatic hydroxyl groups is 1. The molecule has 1 atom stereocenters. The van der Waals surface area contributed by atoms with Crippen LogP contribution >= 0.6 is 23.2 Å². The molecule has 50 heavy (non-hydrogen) atoms. The van der Waals surface area contributed by atoms with Gasteiger partial charge in [-0.2, -0.15) is 5.26 Å². The van der Waals surface area contributed by atoms with Crippen LogP contribution in [0.25, 0.3) is 11.1 Å². The maximum atomic E-state index is 11.5. The molecule has 3 aromatic carbocycles. The van der Waals surface area contributed by atoms with Crippen LogP contribution in [0, 0.1) is 18.3 Å². The van der Waals surface area contributed by atoms with Crippen LogP contribution in [0.1, 0.15) is 47.1 Å². The lowest BCUT2D eigenvalue weighted by atomic mass is 9.96. The highest BCUT2D eigenvalue weighted by atomic mass is 35.5. The molecule has 12 heteroatoms. The van der Waals surface area contributed by atoms with Crippen LogP contribution in [0.2, 0.25) is 10.0 Å². The predicted octanol–water partition coefficient (Wildman–Crippen LogP) is 6.79. The van der Waals surface area contributed by atoms with Crippen LogP contribution in [0.3, 0.4) is 0 Å². The number of hydrogen-bond donors (Lipinski definition) is 3. The molecular weight excluding hydrogens is 679 g/mol. The Kier molecular flexibility index (Phi) is 13.3. The highest BCUT2D eigenvalue weighted by Gasteiger charge is 2.19. The number of carboxylic acids is 1. The number of aromatic nitrogens is 1. The average molecular weight is 720 g/mol. The Labute approximate surface area is 302 Å². The topological polar surface area (TPSA) is 137 Å². The maximum absolute atomic E-state index is 11.5. The number of aliphatic carboxylic acids is 1. The summed E-state index contributed by atoms with van der Waals surface area (Å²) in [5.41, 5.74) is 5.35. The molecule has 1 aromatic heterocycles. The van der Waals surface area contributed by atoms with E-state index in [0.717, 1.165) is 48.3 Å². The number of rotatable bonds is 17. The molecule has 0 radical (unpaired) electrons. The van der Waals surface area contributed by atoms with Gasteiger partial charge in [0, 0.05) is 48.2 Å². The molecule has 5 rings (SSSR count). The Morgan fingerprint density at radius 2 is 1.74 bits per heavy atom. The molecule has 0 saturated carbocycles. The number of pyridine rings is 1. The second-order valence-corrected chi connectivity index (χ2v) is 12.9. The molecule has 1 aliphatic rings. The van der Waals surface area contributed by atoms with Gasteiger partial charge >= 0.3 is 5.97 Å². The van der Waals surface area contributed by atoms with Crippen molar-refractivity contribution in [3.8, 4) is 34.4 Å². The van der Waals surface area contributed by atoms with E-state index in [-0.39, 0.29) is 19.8 Å². The Bertz CT molecular complexity index is 1830. The Morgan fingerprint density at radius 1 is 0.980 bits per heavy atom. The molecule has 1 unspecified atom stereocenters. The number of carboxylic acid groups (broad SMARTS) is 1. The highest BCUT2D eigenvalue weighted by molar-refractivity contribution is 6.35. The van der Waals surface area contributed by atoms with E-state index >= 15 is 0 Å². The number of likely N-dealkylation sites (tertiary alicyclic amines) is 1. The van der Waals surface area contributed by atoms with Crippen molar-refractivity contribution in [2.24, 2.45) is 0 Å². The standard InChI is InChI=1S/C38H40Cl2N4O6/c1-25-28(7-4-8-30(25)31-9-5-10-34(37(31)40)48-14-6-13-44-11-2-3-12-44)24-50-36-17-35(49-23-27-15-26(18-41)19-42-20-27)29(16-32(36)39)21-43-33(22-45)38(46)47/h4-5,7-10,15-17,19-20,33,43,45H,2-3,6,11-14,21-24H2,1H3,(H,46,47). The molecule has 2 heterocycles. The number of halogens is 2. The number of nitrogens with zero attached hydrogens (tertiary/aromatic N) is 3. The number of benzene rings is 3. The van der Waals surface area contributed by atoms with E-state index < -0.39 is 18.6 Å². The monoisotopic (exact) mass is 718 g/mol. The normalized spacial score (nSPS) is 13.5. The van der Waals surface area contributed by atoms with Gasteiger partial charge in [-0.1, -0.05) is 53.5 Å². The maximum Gasteiger partial charge on any atom is 0.323 e. The molecule has 0 aliphatic carbocycles. The van der Waals surface area contributed by atoms with Crippen LogP contribution in [0.4, 0.5) is 0 Å². The Hall–Kier alpha value is -4.37. The summed E-state index contributed by atoms with van der Waals surface area (Å²) in [6.45, 7) is 5.70. The number of aliphatic hydroxyl groups excluding tert-OH is 1. The first-order valence-corrected chi connectivity index (χ1v) is 17.2. The predicted molar refractivity (Wildman–Crippen MR) is 192 cm³/mol. The Balaban J connectivity index is 1.32. The minimum atomic E-state index is -1.19. The summed E-state index contributed by atoms with van der Waals surface area (Å²) in [4.78, 5) is 18.0. The van der Waals surface area contributed by atoms with E-state index in [9.17, 15) is 20.3 Å². The van der Waals surface area contributed by atoms with Gasteiger partial charge in [0.15, 0.2) is 0 Å². The summed E-state index contributed by atoms with van der Waals surface area (Å²) >= 11 is 13.6. The van der Waals surface area contributed by atoms with Gasteiger partial charge in [-0.15, -0.1) is 0 Å². The number of nitriles is 1. The highest BCUT2D eigenvalue weighted by Crippen LogP contribution is 2.38. The summed E-state index contributed by atoms with van der Waals surface area (Å²) < 4.78 is 18.5. The molecule has 1 aliphatic heterocycles. The lowest BCUT2D eigenvalue weighted by Gasteiger charge is -2.19. The van der Waals surface area contributed by atoms with Gasteiger partial charge in [0.25, 0.3) is 0 Å². The smallest absolute Gasteiger partial charge is 0.323 e. The zero-order chi connectivity index (χ0) is 35.5. The fraction of sp³-hybridized carbons (Fsp3) is 0.342. The van der Waals surface area contributed by atoms with Crippen LogP contribution < -0.4 is 19.5 Å². The molecular formula is C38H40Cl2N4O6. The summed E-state index contributed by atoms with van der Waals surface area (Å²) in [7, 11) is 0. The molecule has 262 valence electrons. The molecule has 1 saturated heterocycles. The van der Waals surface area contributed by atoms with Gasteiger partial charge in [-0.05, 0) is 74.2 Å². The first-order valence-electron chi connectivity index (χ1n) is 16.5. The van der Waals surface area contributed by atoms with Crippen molar-refractivity contribution < 1.29 is 29.2 Å². The van der Waals surface area contributed by atoms with E-state index in [0.29, 0.717) is 50.6 Å². The third kappa shape index (κ3) is 9.65. The van der Waals surface area contributed by atoms with Crippen molar-refractivity contribution in [1.29, 1.82) is 5.26 Å². The molecule has 1 fully saturated rings. The van der Waals surface area contributed by atoms with Crippen molar-refractivity contribution in [3.63, 3.8) is 0 Å². The Morgan fingerprint density at radius 3 is 2.50 bits per heavy atom. The number of carbonyl (C=O) groups is 1. The van der Waals surface area contributed by atoms with Gasteiger partial charge in [-0.25, -0.2) is 0 Å². The zero-order valence-corrected chi connectivity index (χ0v) is 29.3. The molecule has 0 amide bonds. The van der Waals surface area contributed by atoms with Crippen molar-refractivity contribution in [2.75, 3.05) is 32.8 Å². The summed E-state index contributed by atoms with van der Waals surface area (Å²) in [6, 6.07) is 17.6. The quantitative estimate of drug-likeness (QED) is 0.100. The minimum Gasteiger partial charge on any atom is -0.492 e. The van der Waals surface area contributed by atoms with Gasteiger partial charge in [-0.3, -0.25) is 15.1 Å². The fourth-order valence-corrected chi connectivity index (χ4v) is 6.33. The van der Waals surface area contributed by atoms with Gasteiger partial charge in [0.05, 0.1) is 28.8 Å². The van der Waals surface area contributed by atoms with E-state index in [4.69, 9.17) is 37.4 Å². The van der Waals surface area contributed by atoms with Crippen molar-refractivity contribution >= 4 is 29.2 Å². The third-order valence-electron chi connectivity index (χ3n) is 8.61. The van der Waals surface area contributed by atoms with Crippen molar-refractivity contribution in [2.45, 2.75) is 52.0 Å². The van der Waals surface area contributed by atoms with E-state index in [1.807, 2.05) is 43.3 Å². The van der Waals surface area contributed by atoms with E-state index in [1.54, 1.807) is 24.4 Å². The third-order valence-corrected chi connectivity index (χ3v) is 9.30. The zero-order valence-electron chi connectivity index (χ0n) is 27.8. The molecule has 0 bridgehead atoms. The van der Waals surface area contributed by atoms with Crippen LogP contribution in [0.15, 0.2) is 67.0 Å². The van der Waals surface area contributed by atoms with E-state index in [2.05, 4.69) is 21.3 Å². The summed E-state index contributed by atoms with van der Waals surface area (Å²) in [5.74, 6) is 0.213. The first kappa shape index (κ1) is 36.9. The average Bonchev–Trinajstić information content (AvgIpc) is 3.64. The lowest BCUT2D eigenvalue weighted by Crippen LogP contribution is -2.39. The summed E-state index contributed by atoms with van der Waals surface area (Å²) in [6.07, 6.45) is 6.53. The van der Waals surface area contributed by atoms with Crippen LogP contribution in [-0.2, 0) is 24.6 Å². The molecule has 3 N–H and O–H groups in total. The van der Waals surface area contributed by atoms with Crippen LogP contribution in [-0.4, -0.2) is 65.0 Å². The van der Waals surface area contributed by atoms with Crippen LogP contribution in [0.5, 0.6) is 17.2 Å². The largest absolute Gasteiger partial charge is 0.492 e. The minimum absolute atomic E-state index is 0.0481. The molecule has 4 aromatic rings. The lowest BCUT2D eigenvalue weighted by molar-refractivity contribution is -0.140. The summed E-state index contributed by atoms with van der Waals surface area (Å²) in [5, 5.41) is 31.8. The first-order chi connectivity index (χ1) is 24.3. The number of ether oxygens (including phenoxy) is 3. The van der Waals surface area contributed by atoms with E-state index in [1.165, 1.54) is 19.0 Å². The van der Waals surface area contributed by atoms with Gasteiger partial charge in [0.2, 0.25) is 0 Å². The second kappa shape index (κ2) is 18.0. The number of nitrogens with one attached hydrogen (secondary N) is 1. The molecule has 0 spiro atoms. The number of hydrogen-bond acceptors (Lipinski definition) is 9. The fourth-order valence-electron chi connectivity index (χ4n) is 5.80. The molecule has 10 nitrogen and oxygen atoms in total. The van der Waals surface area contributed by atoms with Gasteiger partial charge in [0.1, 0.15) is 42.6 Å². The van der Waals surface area contributed by atoms with Gasteiger partial charge < -0.3 is 29.3 Å². The van der Waals surface area contributed by atoms with Crippen molar-refractivity contribution in [1.82, 2.24) is 15.2 Å². The van der Waals surface area contributed by atoms with Crippen molar-refractivity contribution in [3.05, 3.63) is 105 Å². The SMILES string of the molecule is Cc1c(COc2cc(OCc3cncc(C#N)c3)c(CNC(CO)C(=O)O)cc2Cl)cccc1-c1cccc(OCCCN2CCCC2)c1Cl. The second-order valence-electron chi connectivity index (χ2n) is 12.1.